The van der Waals surface area contributed by atoms with Crippen molar-refractivity contribution in [2.24, 2.45) is 0 Å². The molecule has 3 rings (SSSR count). The molecule has 0 spiro atoms. The predicted octanol–water partition coefficient (Wildman–Crippen LogP) is 3.57. The Morgan fingerprint density at radius 2 is 1.62 bits per heavy atom. The summed E-state index contributed by atoms with van der Waals surface area (Å²) in [7, 11) is 0. The minimum Gasteiger partial charge on any atom is -0.545 e. The van der Waals surface area contributed by atoms with Crippen LogP contribution in [0, 0.1) is 0 Å². The molecule has 0 bridgehead atoms. The monoisotopic (exact) mass is 316 g/mol. The van der Waals surface area contributed by atoms with E-state index >= 15 is 0 Å². The van der Waals surface area contributed by atoms with Crippen molar-refractivity contribution in [1.29, 1.82) is 0 Å². The van der Waals surface area contributed by atoms with E-state index in [4.69, 9.17) is 23.2 Å². The van der Waals surface area contributed by atoms with Crippen LogP contribution in [0.5, 0.6) is 0 Å². The summed E-state index contributed by atoms with van der Waals surface area (Å²) in [6.45, 7) is 0. The van der Waals surface area contributed by atoms with Crippen LogP contribution >= 0.6 is 23.2 Å². The quantitative estimate of drug-likeness (QED) is 0.726. The van der Waals surface area contributed by atoms with Crippen molar-refractivity contribution in [1.82, 2.24) is 4.98 Å². The lowest BCUT2D eigenvalue weighted by atomic mass is 10.0. The van der Waals surface area contributed by atoms with Crippen LogP contribution in [0.15, 0.2) is 48.5 Å². The van der Waals surface area contributed by atoms with E-state index in [0.29, 0.717) is 26.6 Å². The van der Waals surface area contributed by atoms with Crippen molar-refractivity contribution < 1.29 is 9.90 Å². The van der Waals surface area contributed by atoms with Crippen LogP contribution < -0.4 is 5.11 Å². The number of carbonyl (C=O) groups is 1. The van der Waals surface area contributed by atoms with Gasteiger partial charge in [0.05, 0.1) is 17.2 Å². The van der Waals surface area contributed by atoms with Crippen LogP contribution in [0.1, 0.15) is 10.4 Å². The zero-order valence-electron chi connectivity index (χ0n) is 10.6. The second-order valence-corrected chi connectivity index (χ2v) is 5.38. The molecule has 104 valence electrons. The number of carbonyl (C=O) groups excluding carboxylic acids is 1. The van der Waals surface area contributed by atoms with Gasteiger partial charge in [0.25, 0.3) is 0 Å². The third-order valence-corrected chi connectivity index (χ3v) is 3.62. The Hall–Kier alpha value is -2.10. The molecule has 0 unspecified atom stereocenters. The van der Waals surface area contributed by atoms with E-state index in [1.165, 1.54) is 6.07 Å². The summed E-state index contributed by atoms with van der Waals surface area (Å²) in [4.78, 5) is 15.8. The molecule has 3 nitrogen and oxygen atoms in total. The van der Waals surface area contributed by atoms with E-state index in [-0.39, 0.29) is 5.56 Å². The molecule has 0 saturated heterocycles. The Balaban J connectivity index is 2.28. The average Bonchev–Trinajstić information content (AvgIpc) is 2.46. The molecule has 0 N–H and O–H groups in total. The Kier molecular flexibility index (Phi) is 3.53. The highest BCUT2D eigenvalue weighted by atomic mass is 35.5. The maximum absolute atomic E-state index is 11.4. The average molecular weight is 317 g/mol. The minimum atomic E-state index is -1.26. The predicted molar refractivity (Wildman–Crippen MR) is 81.5 cm³/mol. The number of aromatic carboxylic acids is 1. The van der Waals surface area contributed by atoms with Gasteiger partial charge < -0.3 is 9.90 Å². The molecule has 0 fully saturated rings. The summed E-state index contributed by atoms with van der Waals surface area (Å²) >= 11 is 11.8. The zero-order valence-corrected chi connectivity index (χ0v) is 12.2. The van der Waals surface area contributed by atoms with E-state index in [0.717, 1.165) is 5.56 Å². The summed E-state index contributed by atoms with van der Waals surface area (Å²) in [5, 5.41) is 12.9. The van der Waals surface area contributed by atoms with E-state index in [9.17, 15) is 9.90 Å². The summed E-state index contributed by atoms with van der Waals surface area (Å²) in [5.41, 5.74) is 1.93. The lowest BCUT2D eigenvalue weighted by Gasteiger charge is -2.11. The van der Waals surface area contributed by atoms with Gasteiger partial charge in [0.2, 0.25) is 0 Å². The molecular weight excluding hydrogens is 309 g/mol. The topological polar surface area (TPSA) is 53.0 Å². The fraction of sp³-hybridized carbons (Fsp3) is 0. The molecule has 0 radical (unpaired) electrons. The fourth-order valence-corrected chi connectivity index (χ4v) is 2.43. The molecular formula is C16H8Cl2NO2-. The van der Waals surface area contributed by atoms with Gasteiger partial charge in [-0.15, -0.1) is 0 Å². The number of benzene rings is 2. The normalized spacial score (nSPS) is 10.8. The van der Waals surface area contributed by atoms with Gasteiger partial charge in [-0.2, -0.15) is 0 Å². The standard InChI is InChI=1S/C16H9Cl2NO2/c17-10-3-1-9(2-4-10)15-8-13(16(20)21)12-7-11(18)5-6-14(12)19-15/h1-8H,(H,20,21)/p-1. The molecule has 1 aromatic heterocycles. The van der Waals surface area contributed by atoms with Crippen LogP contribution in [-0.4, -0.2) is 11.0 Å². The van der Waals surface area contributed by atoms with E-state index in [2.05, 4.69) is 4.98 Å². The first kappa shape index (κ1) is 13.9. The first-order valence-corrected chi connectivity index (χ1v) is 6.88. The molecule has 0 aliphatic rings. The van der Waals surface area contributed by atoms with Crippen LogP contribution in [0.3, 0.4) is 0 Å². The molecule has 0 saturated carbocycles. The molecule has 0 aliphatic heterocycles. The number of hydrogen-bond donors (Lipinski definition) is 0. The highest BCUT2D eigenvalue weighted by Crippen LogP contribution is 2.27. The van der Waals surface area contributed by atoms with Gasteiger partial charge >= 0.3 is 0 Å². The Labute approximate surface area is 130 Å². The first-order chi connectivity index (χ1) is 10.0. The Morgan fingerprint density at radius 1 is 0.952 bits per heavy atom. The van der Waals surface area contributed by atoms with E-state index < -0.39 is 5.97 Å². The molecule has 5 heteroatoms. The van der Waals surface area contributed by atoms with Gasteiger partial charge in [0.1, 0.15) is 0 Å². The number of nitrogens with zero attached hydrogens (tertiary/aromatic N) is 1. The van der Waals surface area contributed by atoms with Gasteiger partial charge in [-0.25, -0.2) is 4.98 Å². The maximum atomic E-state index is 11.4. The van der Waals surface area contributed by atoms with Gasteiger partial charge in [-0.3, -0.25) is 0 Å². The lowest BCUT2D eigenvalue weighted by molar-refractivity contribution is -0.254. The van der Waals surface area contributed by atoms with Crippen LogP contribution in [0.25, 0.3) is 22.2 Å². The van der Waals surface area contributed by atoms with E-state index in [1.54, 1.807) is 42.5 Å². The second kappa shape index (κ2) is 5.35. The summed E-state index contributed by atoms with van der Waals surface area (Å²) in [6.07, 6.45) is 0. The Morgan fingerprint density at radius 3 is 2.29 bits per heavy atom. The number of rotatable bonds is 2. The van der Waals surface area contributed by atoms with Crippen molar-refractivity contribution >= 4 is 40.1 Å². The van der Waals surface area contributed by atoms with E-state index in [1.807, 2.05) is 0 Å². The number of carboxylic acid groups (broad SMARTS) is 1. The highest BCUT2D eigenvalue weighted by Gasteiger charge is 2.09. The van der Waals surface area contributed by atoms with Crippen LogP contribution in [-0.2, 0) is 0 Å². The van der Waals surface area contributed by atoms with Crippen molar-refractivity contribution in [2.75, 3.05) is 0 Å². The van der Waals surface area contributed by atoms with Crippen LogP contribution in [0.4, 0.5) is 0 Å². The lowest BCUT2D eigenvalue weighted by Crippen LogP contribution is -2.22. The second-order valence-electron chi connectivity index (χ2n) is 4.51. The zero-order chi connectivity index (χ0) is 15.0. The van der Waals surface area contributed by atoms with Crippen molar-refractivity contribution in [3.8, 4) is 11.3 Å². The number of hydrogen-bond acceptors (Lipinski definition) is 3. The number of fused-ring (bicyclic) bond motifs is 1. The maximum Gasteiger partial charge on any atom is 0.0722 e. The minimum absolute atomic E-state index is 0.0625. The van der Waals surface area contributed by atoms with Crippen molar-refractivity contribution in [3.05, 3.63) is 64.1 Å². The van der Waals surface area contributed by atoms with Crippen molar-refractivity contribution in [2.45, 2.75) is 0 Å². The highest BCUT2D eigenvalue weighted by molar-refractivity contribution is 6.31. The van der Waals surface area contributed by atoms with Gasteiger partial charge in [-0.05, 0) is 36.4 Å². The number of halogens is 2. The molecule has 0 aliphatic carbocycles. The molecule has 21 heavy (non-hydrogen) atoms. The third kappa shape index (κ3) is 2.71. The third-order valence-electron chi connectivity index (χ3n) is 3.13. The Bertz CT molecular complexity index is 845. The largest absolute Gasteiger partial charge is 0.545 e. The SMILES string of the molecule is O=C([O-])c1cc(-c2ccc(Cl)cc2)nc2ccc(Cl)cc12. The summed E-state index contributed by atoms with van der Waals surface area (Å²) in [6, 6.07) is 13.4. The number of pyridine rings is 1. The van der Waals surface area contributed by atoms with Gasteiger partial charge in [0, 0.05) is 26.6 Å². The summed E-state index contributed by atoms with van der Waals surface area (Å²) in [5.74, 6) is -1.26. The number of carboxylic acids is 1. The first-order valence-electron chi connectivity index (χ1n) is 6.12. The van der Waals surface area contributed by atoms with Crippen molar-refractivity contribution in [3.63, 3.8) is 0 Å². The number of aromatic nitrogens is 1. The molecule has 2 aromatic carbocycles. The smallest absolute Gasteiger partial charge is 0.0722 e. The molecule has 0 amide bonds. The fourth-order valence-electron chi connectivity index (χ4n) is 2.14. The molecule has 0 atom stereocenters. The van der Waals surface area contributed by atoms with Gasteiger partial charge in [0.15, 0.2) is 0 Å². The molecule has 3 aromatic rings. The molecule has 1 heterocycles. The summed E-state index contributed by atoms with van der Waals surface area (Å²) < 4.78 is 0. The van der Waals surface area contributed by atoms with Crippen LogP contribution in [0.2, 0.25) is 10.0 Å². The van der Waals surface area contributed by atoms with Gasteiger partial charge in [-0.1, -0.05) is 35.3 Å².